The maximum absolute atomic E-state index is 13.7. The third kappa shape index (κ3) is 5.55. The molecule has 6 nitrogen and oxygen atoms in total. The highest BCUT2D eigenvalue weighted by Crippen LogP contribution is 2.40. The molecule has 194 valence electrons. The lowest BCUT2D eigenvalue weighted by Gasteiger charge is -2.24. The molecular formula is C28H26F3NO5. The molecule has 37 heavy (non-hydrogen) atoms. The number of carbonyl (C=O) groups excluding carboxylic acids is 2. The Balaban J connectivity index is 1.77. The van der Waals surface area contributed by atoms with Crippen LogP contribution in [0.2, 0.25) is 0 Å². The fourth-order valence-electron chi connectivity index (χ4n) is 4.46. The fourth-order valence-corrected chi connectivity index (χ4v) is 4.46. The number of benzene rings is 3. The summed E-state index contributed by atoms with van der Waals surface area (Å²) < 4.78 is 56.8. The minimum absolute atomic E-state index is 0.0162. The maximum Gasteiger partial charge on any atom is 0.416 e. The molecule has 1 aliphatic rings. The molecule has 1 amide bonds. The standard InChI is InChI=1S/C28H26F3NO5/c1-17-26(19-7-5-4-6-8-19)37-27(34)32(17)16-20-15-21(28(29,30)31)10-11-22(20)23-13-18(14-25(33)36-3)9-12-24(23)35-2/h4-13,15,17,26H,14,16H2,1-3H3/t17-,26-/m1/s1. The number of halogens is 3. The molecule has 4 rings (SSSR count). The summed E-state index contributed by atoms with van der Waals surface area (Å²) in [6, 6.07) is 17.2. The lowest BCUT2D eigenvalue weighted by Crippen LogP contribution is -2.31. The molecule has 3 aromatic rings. The Labute approximate surface area is 212 Å². The highest BCUT2D eigenvalue weighted by molar-refractivity contribution is 5.78. The lowest BCUT2D eigenvalue weighted by molar-refractivity contribution is -0.140. The van der Waals surface area contributed by atoms with Crippen LogP contribution >= 0.6 is 0 Å². The van der Waals surface area contributed by atoms with Crippen molar-refractivity contribution in [1.29, 1.82) is 0 Å². The van der Waals surface area contributed by atoms with Crippen molar-refractivity contribution in [3.63, 3.8) is 0 Å². The quantitative estimate of drug-likeness (QED) is 0.353. The Hall–Kier alpha value is -4.01. The van der Waals surface area contributed by atoms with Gasteiger partial charge < -0.3 is 14.2 Å². The summed E-state index contributed by atoms with van der Waals surface area (Å²) in [5.74, 6) is -0.0433. The molecule has 0 radical (unpaired) electrons. The van der Waals surface area contributed by atoms with E-state index in [1.165, 1.54) is 25.2 Å². The van der Waals surface area contributed by atoms with E-state index in [1.54, 1.807) is 25.1 Å². The van der Waals surface area contributed by atoms with Crippen LogP contribution in [-0.4, -0.2) is 37.2 Å². The monoisotopic (exact) mass is 513 g/mol. The predicted molar refractivity (Wildman–Crippen MR) is 130 cm³/mol. The molecule has 1 saturated heterocycles. The normalized spacial score (nSPS) is 17.5. The molecule has 2 atom stereocenters. The van der Waals surface area contributed by atoms with E-state index in [0.29, 0.717) is 22.4 Å². The van der Waals surface area contributed by atoms with Gasteiger partial charge in [-0.1, -0.05) is 42.5 Å². The highest BCUT2D eigenvalue weighted by Gasteiger charge is 2.40. The Morgan fingerprint density at radius 3 is 2.38 bits per heavy atom. The molecule has 0 aliphatic carbocycles. The van der Waals surface area contributed by atoms with Gasteiger partial charge in [0.25, 0.3) is 0 Å². The summed E-state index contributed by atoms with van der Waals surface area (Å²) in [5.41, 5.74) is 1.77. The maximum atomic E-state index is 13.7. The van der Waals surface area contributed by atoms with E-state index in [1.807, 2.05) is 30.3 Å². The van der Waals surface area contributed by atoms with Gasteiger partial charge in [0.05, 0.1) is 38.8 Å². The van der Waals surface area contributed by atoms with Gasteiger partial charge in [-0.15, -0.1) is 0 Å². The molecule has 1 heterocycles. The lowest BCUT2D eigenvalue weighted by atomic mass is 9.93. The largest absolute Gasteiger partial charge is 0.496 e. The van der Waals surface area contributed by atoms with E-state index in [0.717, 1.165) is 17.7 Å². The zero-order valence-electron chi connectivity index (χ0n) is 20.5. The van der Waals surface area contributed by atoms with Crippen molar-refractivity contribution in [1.82, 2.24) is 4.90 Å². The van der Waals surface area contributed by atoms with Crippen molar-refractivity contribution in [2.45, 2.75) is 38.2 Å². The topological polar surface area (TPSA) is 65.1 Å². The van der Waals surface area contributed by atoms with Gasteiger partial charge in [0.15, 0.2) is 0 Å². The van der Waals surface area contributed by atoms with E-state index in [4.69, 9.17) is 14.2 Å². The first-order chi connectivity index (χ1) is 17.6. The van der Waals surface area contributed by atoms with E-state index in [-0.39, 0.29) is 18.5 Å². The number of nitrogens with zero attached hydrogens (tertiary/aromatic N) is 1. The van der Waals surface area contributed by atoms with Crippen LogP contribution in [0.25, 0.3) is 11.1 Å². The van der Waals surface area contributed by atoms with Crippen molar-refractivity contribution in [3.05, 3.63) is 89.0 Å². The van der Waals surface area contributed by atoms with Crippen molar-refractivity contribution >= 4 is 12.1 Å². The fraction of sp³-hybridized carbons (Fsp3) is 0.286. The van der Waals surface area contributed by atoms with Gasteiger partial charge in [0, 0.05) is 5.56 Å². The van der Waals surface area contributed by atoms with Gasteiger partial charge in [0.2, 0.25) is 0 Å². The van der Waals surface area contributed by atoms with Crippen LogP contribution in [0.1, 0.15) is 35.3 Å². The zero-order chi connectivity index (χ0) is 26.7. The van der Waals surface area contributed by atoms with Crippen LogP contribution in [0, 0.1) is 0 Å². The van der Waals surface area contributed by atoms with Crippen LogP contribution in [0.3, 0.4) is 0 Å². The second-order valence-electron chi connectivity index (χ2n) is 8.74. The Bertz CT molecular complexity index is 1290. The molecule has 0 N–H and O–H groups in total. The molecule has 0 saturated carbocycles. The summed E-state index contributed by atoms with van der Waals surface area (Å²) >= 11 is 0. The summed E-state index contributed by atoms with van der Waals surface area (Å²) in [4.78, 5) is 26.1. The van der Waals surface area contributed by atoms with Gasteiger partial charge >= 0.3 is 18.2 Å². The Kier molecular flexibility index (Phi) is 7.42. The van der Waals surface area contributed by atoms with Gasteiger partial charge in [0.1, 0.15) is 11.9 Å². The van der Waals surface area contributed by atoms with Crippen LogP contribution in [0.15, 0.2) is 66.7 Å². The van der Waals surface area contributed by atoms with Crippen LogP contribution < -0.4 is 4.74 Å². The Morgan fingerprint density at radius 1 is 1.00 bits per heavy atom. The first-order valence-electron chi connectivity index (χ1n) is 11.6. The number of rotatable bonds is 7. The van der Waals surface area contributed by atoms with Crippen LogP contribution in [-0.2, 0) is 33.4 Å². The second kappa shape index (κ2) is 10.5. The van der Waals surface area contributed by atoms with Crippen LogP contribution in [0.4, 0.5) is 18.0 Å². The average Bonchev–Trinajstić information content (AvgIpc) is 3.17. The molecule has 0 bridgehead atoms. The van der Waals surface area contributed by atoms with E-state index >= 15 is 0 Å². The minimum Gasteiger partial charge on any atom is -0.496 e. The number of methoxy groups -OCH3 is 2. The van der Waals surface area contributed by atoms with E-state index in [2.05, 4.69) is 0 Å². The first-order valence-corrected chi connectivity index (χ1v) is 11.6. The third-order valence-corrected chi connectivity index (χ3v) is 6.42. The number of esters is 1. The molecule has 1 fully saturated rings. The molecule has 0 aromatic heterocycles. The molecule has 0 spiro atoms. The summed E-state index contributed by atoms with van der Waals surface area (Å²) in [6.07, 6.45) is -5.76. The van der Waals surface area contributed by atoms with E-state index < -0.39 is 35.9 Å². The summed E-state index contributed by atoms with van der Waals surface area (Å²) in [6.45, 7) is 1.68. The zero-order valence-corrected chi connectivity index (χ0v) is 20.5. The number of ether oxygens (including phenoxy) is 3. The number of alkyl halides is 3. The first kappa shape index (κ1) is 26.1. The van der Waals surface area contributed by atoms with Crippen molar-refractivity contribution in [2.24, 2.45) is 0 Å². The van der Waals surface area contributed by atoms with Crippen molar-refractivity contribution in [3.8, 4) is 16.9 Å². The summed E-state index contributed by atoms with van der Waals surface area (Å²) in [5, 5.41) is 0. The highest BCUT2D eigenvalue weighted by atomic mass is 19.4. The molecule has 1 aliphatic heterocycles. The number of cyclic esters (lactones) is 1. The number of carbonyl (C=O) groups is 2. The summed E-state index contributed by atoms with van der Waals surface area (Å²) in [7, 11) is 2.73. The molecular weight excluding hydrogens is 487 g/mol. The van der Waals surface area contributed by atoms with Crippen molar-refractivity contribution in [2.75, 3.05) is 14.2 Å². The van der Waals surface area contributed by atoms with Crippen molar-refractivity contribution < 1.29 is 37.0 Å². The third-order valence-electron chi connectivity index (χ3n) is 6.42. The number of hydrogen-bond donors (Lipinski definition) is 0. The predicted octanol–water partition coefficient (Wildman–Crippen LogP) is 6.18. The molecule has 9 heteroatoms. The van der Waals surface area contributed by atoms with E-state index in [9.17, 15) is 22.8 Å². The smallest absolute Gasteiger partial charge is 0.416 e. The van der Waals surface area contributed by atoms with Gasteiger partial charge in [-0.05, 0) is 53.4 Å². The van der Waals surface area contributed by atoms with Crippen LogP contribution in [0.5, 0.6) is 5.75 Å². The average molecular weight is 514 g/mol. The minimum atomic E-state index is -4.58. The number of amides is 1. The van der Waals surface area contributed by atoms with Gasteiger partial charge in [-0.2, -0.15) is 13.2 Å². The van der Waals surface area contributed by atoms with Gasteiger partial charge in [-0.3, -0.25) is 9.69 Å². The van der Waals surface area contributed by atoms with Gasteiger partial charge in [-0.25, -0.2) is 4.79 Å². The molecule has 3 aromatic carbocycles. The molecule has 0 unspecified atom stereocenters. The number of hydrogen-bond acceptors (Lipinski definition) is 5. The Morgan fingerprint density at radius 2 is 1.73 bits per heavy atom. The second-order valence-corrected chi connectivity index (χ2v) is 8.74. The SMILES string of the molecule is COC(=O)Cc1ccc(OC)c(-c2ccc(C(F)(F)F)cc2CN2C(=O)O[C@@H](c3ccccc3)[C@H]2C)c1.